The molecule has 1 fully saturated rings. The van der Waals surface area contributed by atoms with Gasteiger partial charge in [0.25, 0.3) is 0 Å². The van der Waals surface area contributed by atoms with Gasteiger partial charge in [0.05, 0.1) is 0 Å². The zero-order valence-electron chi connectivity index (χ0n) is 8.73. The second-order valence-corrected chi connectivity index (χ2v) is 4.31. The summed E-state index contributed by atoms with van der Waals surface area (Å²) in [5.41, 5.74) is 1.04. The van der Waals surface area contributed by atoms with Gasteiger partial charge in [-0.05, 0) is 43.2 Å². The summed E-state index contributed by atoms with van der Waals surface area (Å²) in [6.45, 7) is 0. The second kappa shape index (κ2) is 4.47. The highest BCUT2D eigenvalue weighted by molar-refractivity contribution is 5.53. The van der Waals surface area contributed by atoms with Gasteiger partial charge in [0, 0.05) is 5.92 Å². The molecule has 1 N–H and O–H groups in total. The summed E-state index contributed by atoms with van der Waals surface area (Å²) in [5.74, 6) is 1.07. The number of aldehydes is 1. The smallest absolute Gasteiger partial charge is 0.123 e. The van der Waals surface area contributed by atoms with Gasteiger partial charge in [-0.1, -0.05) is 18.2 Å². The van der Waals surface area contributed by atoms with Gasteiger partial charge < -0.3 is 9.90 Å². The van der Waals surface area contributed by atoms with Crippen LogP contribution in [0.2, 0.25) is 0 Å². The predicted octanol–water partition coefficient (Wildman–Crippen LogP) is 2.86. The highest BCUT2D eigenvalue weighted by Gasteiger charge is 2.23. The number of phenols is 1. The van der Waals surface area contributed by atoms with Gasteiger partial charge in [-0.15, -0.1) is 0 Å². The molecule has 2 rings (SSSR count). The summed E-state index contributed by atoms with van der Waals surface area (Å²) in [7, 11) is 0. The minimum atomic E-state index is 0.243. The molecule has 0 spiro atoms. The highest BCUT2D eigenvalue weighted by atomic mass is 16.3. The first-order chi connectivity index (χ1) is 7.31. The third-order valence-corrected chi connectivity index (χ3v) is 3.34. The van der Waals surface area contributed by atoms with E-state index in [0.717, 1.165) is 37.5 Å². The third kappa shape index (κ3) is 2.20. The van der Waals surface area contributed by atoms with E-state index in [4.69, 9.17) is 0 Å². The molecule has 0 bridgehead atoms. The molecule has 0 aliphatic heterocycles. The molecular weight excluding hydrogens is 188 g/mol. The Morgan fingerprint density at radius 1 is 1.13 bits per heavy atom. The van der Waals surface area contributed by atoms with Gasteiger partial charge in [0.2, 0.25) is 0 Å². The molecule has 80 valence electrons. The maximum Gasteiger partial charge on any atom is 0.123 e. The van der Waals surface area contributed by atoms with Crippen LogP contribution in [-0.4, -0.2) is 11.4 Å². The van der Waals surface area contributed by atoms with Crippen LogP contribution in [0.4, 0.5) is 0 Å². The van der Waals surface area contributed by atoms with E-state index in [0.29, 0.717) is 11.7 Å². The van der Waals surface area contributed by atoms with Crippen molar-refractivity contribution in [2.45, 2.75) is 31.6 Å². The van der Waals surface area contributed by atoms with Crippen molar-refractivity contribution in [3.8, 4) is 5.75 Å². The standard InChI is InChI=1S/C13H16O2/c14-9-10-5-7-11(8-6-10)12-3-1-2-4-13(12)15/h1-4,9-11,15H,5-8H2. The molecule has 1 aromatic carbocycles. The Labute approximate surface area is 89.9 Å². The van der Waals surface area contributed by atoms with E-state index < -0.39 is 0 Å². The summed E-state index contributed by atoms with van der Waals surface area (Å²) >= 11 is 0. The van der Waals surface area contributed by atoms with Crippen molar-refractivity contribution in [2.75, 3.05) is 0 Å². The maximum atomic E-state index is 10.6. The van der Waals surface area contributed by atoms with Gasteiger partial charge >= 0.3 is 0 Å². The van der Waals surface area contributed by atoms with Gasteiger partial charge in [-0.2, -0.15) is 0 Å². The Bertz CT molecular complexity index is 338. The van der Waals surface area contributed by atoms with Crippen LogP contribution < -0.4 is 0 Å². The average Bonchev–Trinajstić information content (AvgIpc) is 2.30. The molecular formula is C13H16O2. The number of rotatable bonds is 2. The summed E-state index contributed by atoms with van der Waals surface area (Å²) in [5, 5.41) is 9.72. The van der Waals surface area contributed by atoms with Gasteiger partial charge in [0.1, 0.15) is 12.0 Å². The number of carbonyl (C=O) groups excluding carboxylic acids is 1. The summed E-state index contributed by atoms with van der Waals surface area (Å²) < 4.78 is 0. The number of phenolic OH excluding ortho intramolecular Hbond substituents is 1. The van der Waals surface area contributed by atoms with Gasteiger partial charge in [-0.25, -0.2) is 0 Å². The molecule has 0 atom stereocenters. The molecule has 15 heavy (non-hydrogen) atoms. The number of hydrogen-bond acceptors (Lipinski definition) is 2. The zero-order chi connectivity index (χ0) is 10.7. The molecule has 0 heterocycles. The fourth-order valence-electron chi connectivity index (χ4n) is 2.40. The average molecular weight is 204 g/mol. The van der Waals surface area contributed by atoms with Gasteiger partial charge in [0.15, 0.2) is 0 Å². The molecule has 1 saturated carbocycles. The third-order valence-electron chi connectivity index (χ3n) is 3.34. The molecule has 0 saturated heterocycles. The molecule has 0 radical (unpaired) electrons. The molecule has 2 heteroatoms. The Kier molecular flexibility index (Phi) is 3.05. The van der Waals surface area contributed by atoms with E-state index in [1.807, 2.05) is 18.2 Å². The van der Waals surface area contributed by atoms with E-state index in [-0.39, 0.29) is 5.92 Å². The SMILES string of the molecule is O=CC1CCC(c2ccccc2O)CC1. The monoisotopic (exact) mass is 204 g/mol. The van der Waals surface area contributed by atoms with Crippen LogP contribution in [0.15, 0.2) is 24.3 Å². The van der Waals surface area contributed by atoms with E-state index in [1.54, 1.807) is 6.07 Å². The number of para-hydroxylation sites is 1. The largest absolute Gasteiger partial charge is 0.508 e. The van der Waals surface area contributed by atoms with Crippen molar-refractivity contribution in [2.24, 2.45) is 5.92 Å². The predicted molar refractivity (Wildman–Crippen MR) is 58.9 cm³/mol. The quantitative estimate of drug-likeness (QED) is 0.752. The number of aromatic hydroxyl groups is 1. The fraction of sp³-hybridized carbons (Fsp3) is 0.462. The minimum Gasteiger partial charge on any atom is -0.508 e. The lowest BCUT2D eigenvalue weighted by atomic mass is 9.79. The van der Waals surface area contributed by atoms with Crippen molar-refractivity contribution in [1.82, 2.24) is 0 Å². The lowest BCUT2D eigenvalue weighted by Crippen LogP contribution is -2.14. The van der Waals surface area contributed by atoms with Crippen molar-refractivity contribution in [3.05, 3.63) is 29.8 Å². The Hall–Kier alpha value is -1.31. The first kappa shape index (κ1) is 10.2. The Morgan fingerprint density at radius 3 is 2.40 bits per heavy atom. The van der Waals surface area contributed by atoms with E-state index in [9.17, 15) is 9.90 Å². The van der Waals surface area contributed by atoms with Crippen LogP contribution >= 0.6 is 0 Å². The fourth-order valence-corrected chi connectivity index (χ4v) is 2.40. The van der Waals surface area contributed by atoms with Crippen molar-refractivity contribution < 1.29 is 9.90 Å². The van der Waals surface area contributed by atoms with Crippen LogP contribution in [0.5, 0.6) is 5.75 Å². The van der Waals surface area contributed by atoms with E-state index in [1.165, 1.54) is 0 Å². The summed E-state index contributed by atoms with van der Waals surface area (Å²) in [4.78, 5) is 10.6. The molecule has 1 aromatic rings. The normalized spacial score (nSPS) is 26.1. The van der Waals surface area contributed by atoms with Gasteiger partial charge in [-0.3, -0.25) is 0 Å². The molecule has 1 aliphatic carbocycles. The first-order valence-electron chi connectivity index (χ1n) is 5.54. The lowest BCUT2D eigenvalue weighted by molar-refractivity contribution is -0.111. The lowest BCUT2D eigenvalue weighted by Gasteiger charge is -2.26. The van der Waals surface area contributed by atoms with Crippen LogP contribution in [0, 0.1) is 5.92 Å². The van der Waals surface area contributed by atoms with E-state index >= 15 is 0 Å². The number of hydrogen-bond donors (Lipinski definition) is 1. The molecule has 0 unspecified atom stereocenters. The van der Waals surface area contributed by atoms with Crippen LogP contribution in [0.1, 0.15) is 37.2 Å². The highest BCUT2D eigenvalue weighted by Crippen LogP contribution is 2.38. The Morgan fingerprint density at radius 2 is 1.80 bits per heavy atom. The summed E-state index contributed by atoms with van der Waals surface area (Å²) in [6, 6.07) is 7.53. The topological polar surface area (TPSA) is 37.3 Å². The number of benzene rings is 1. The van der Waals surface area contributed by atoms with Crippen LogP contribution in [-0.2, 0) is 4.79 Å². The Balaban J connectivity index is 2.07. The summed E-state index contributed by atoms with van der Waals surface area (Å²) in [6.07, 6.45) is 5.02. The number of carbonyl (C=O) groups is 1. The molecule has 0 amide bonds. The van der Waals surface area contributed by atoms with Crippen LogP contribution in [0.25, 0.3) is 0 Å². The van der Waals surface area contributed by atoms with Crippen molar-refractivity contribution in [1.29, 1.82) is 0 Å². The van der Waals surface area contributed by atoms with Crippen molar-refractivity contribution >= 4 is 6.29 Å². The first-order valence-corrected chi connectivity index (χ1v) is 5.54. The molecule has 0 aromatic heterocycles. The van der Waals surface area contributed by atoms with E-state index in [2.05, 4.69) is 0 Å². The maximum absolute atomic E-state index is 10.6. The van der Waals surface area contributed by atoms with Crippen LogP contribution in [0.3, 0.4) is 0 Å². The van der Waals surface area contributed by atoms with Crippen molar-refractivity contribution in [3.63, 3.8) is 0 Å². The molecule has 2 nitrogen and oxygen atoms in total. The molecule has 1 aliphatic rings. The minimum absolute atomic E-state index is 0.243. The second-order valence-electron chi connectivity index (χ2n) is 4.31. The zero-order valence-corrected chi connectivity index (χ0v) is 8.73.